The van der Waals surface area contributed by atoms with Gasteiger partial charge in [-0.05, 0) is 36.8 Å². The lowest BCUT2D eigenvalue weighted by atomic mass is 10.0. The second-order valence-corrected chi connectivity index (χ2v) is 5.87. The molecule has 0 heterocycles. The maximum absolute atomic E-state index is 14.5. The highest BCUT2D eigenvalue weighted by Crippen LogP contribution is 2.31. The minimum atomic E-state index is -1.21. The first-order valence-electron chi connectivity index (χ1n) is 8.74. The minimum absolute atomic E-state index is 0.00421. The summed E-state index contributed by atoms with van der Waals surface area (Å²) >= 11 is 0. The molecule has 0 spiro atoms. The third-order valence-electron chi connectivity index (χ3n) is 3.60. The quantitative estimate of drug-likeness (QED) is 0.311. The highest BCUT2D eigenvalue weighted by Gasteiger charge is 2.15. The van der Waals surface area contributed by atoms with Crippen LogP contribution in [0.25, 0.3) is 11.1 Å². The predicted octanol–water partition coefficient (Wildman–Crippen LogP) is 5.18. The molecule has 0 aliphatic carbocycles. The van der Waals surface area contributed by atoms with Crippen LogP contribution in [-0.4, -0.2) is 11.9 Å². The van der Waals surface area contributed by atoms with E-state index in [1.807, 2.05) is 0 Å². The van der Waals surface area contributed by atoms with E-state index < -0.39 is 23.6 Å². The van der Waals surface area contributed by atoms with E-state index >= 15 is 0 Å². The zero-order chi connectivity index (χ0) is 22.8. The van der Waals surface area contributed by atoms with E-state index in [2.05, 4.69) is 22.6 Å². The first-order chi connectivity index (χ1) is 14.8. The maximum atomic E-state index is 14.5. The molecule has 0 N–H and O–H groups in total. The molecule has 0 aliphatic heterocycles. The summed E-state index contributed by atoms with van der Waals surface area (Å²) in [5.41, 5.74) is 0.572. The fourth-order valence-electron chi connectivity index (χ4n) is 2.10. The second kappa shape index (κ2) is 11.1. The molecule has 0 atom stereocenters. The van der Waals surface area contributed by atoms with Gasteiger partial charge in [0.2, 0.25) is 5.82 Å². The molecule has 0 radical (unpaired) electrons. The average molecular weight is 428 g/mol. The summed E-state index contributed by atoms with van der Waals surface area (Å²) in [7, 11) is 0. The molecular formula is C23H18F2O6. The van der Waals surface area contributed by atoms with Gasteiger partial charge in [0, 0.05) is 17.2 Å². The van der Waals surface area contributed by atoms with Crippen LogP contribution in [-0.2, 0) is 19.1 Å². The standard InChI is InChI=1S/C23H18F2O6/c1-4-20(26)30-13-11-28-17-7-5-16(6-8-17)18-9-10-19(22(25)21(18)24)29-12-14-31-23(27)15(2)3/h4-14H,1-2H2,3H3. The topological polar surface area (TPSA) is 71.1 Å². The van der Waals surface area contributed by atoms with Crippen molar-refractivity contribution in [2.24, 2.45) is 0 Å². The molecule has 0 saturated carbocycles. The summed E-state index contributed by atoms with van der Waals surface area (Å²) in [6.07, 6.45) is 4.99. The number of carbonyl (C=O) groups is 2. The van der Waals surface area contributed by atoms with Gasteiger partial charge < -0.3 is 18.9 Å². The van der Waals surface area contributed by atoms with Gasteiger partial charge in [0.05, 0.1) is 0 Å². The van der Waals surface area contributed by atoms with E-state index in [0.717, 1.165) is 31.1 Å². The molecule has 160 valence electrons. The number of carbonyl (C=O) groups excluding carboxylic acids is 2. The molecule has 0 amide bonds. The van der Waals surface area contributed by atoms with Crippen LogP contribution in [0.5, 0.6) is 11.5 Å². The molecule has 6 nitrogen and oxygen atoms in total. The molecule has 31 heavy (non-hydrogen) atoms. The van der Waals surface area contributed by atoms with Gasteiger partial charge in [-0.25, -0.2) is 14.0 Å². The Kier molecular flexibility index (Phi) is 8.27. The van der Waals surface area contributed by atoms with Crippen LogP contribution in [0.2, 0.25) is 0 Å². The van der Waals surface area contributed by atoms with Gasteiger partial charge in [-0.15, -0.1) is 0 Å². The zero-order valence-corrected chi connectivity index (χ0v) is 16.5. The van der Waals surface area contributed by atoms with Crippen molar-refractivity contribution in [3.8, 4) is 22.6 Å². The predicted molar refractivity (Wildman–Crippen MR) is 109 cm³/mol. The molecule has 2 rings (SSSR count). The summed E-state index contributed by atoms with van der Waals surface area (Å²) in [6.45, 7) is 8.10. The fourth-order valence-corrected chi connectivity index (χ4v) is 2.10. The van der Waals surface area contributed by atoms with Gasteiger partial charge in [0.15, 0.2) is 11.6 Å². The lowest BCUT2D eigenvalue weighted by Crippen LogP contribution is -2.00. The van der Waals surface area contributed by atoms with E-state index in [-0.39, 0.29) is 16.9 Å². The van der Waals surface area contributed by atoms with Crippen molar-refractivity contribution in [2.45, 2.75) is 6.92 Å². The van der Waals surface area contributed by atoms with E-state index in [1.165, 1.54) is 43.3 Å². The Hall–Kier alpha value is -4.20. The Morgan fingerprint density at radius 3 is 2.16 bits per heavy atom. The Balaban J connectivity index is 2.05. The van der Waals surface area contributed by atoms with E-state index in [4.69, 9.17) is 9.47 Å². The van der Waals surface area contributed by atoms with Gasteiger partial charge in [0.25, 0.3) is 0 Å². The smallest absolute Gasteiger partial charge is 0.338 e. The monoisotopic (exact) mass is 428 g/mol. The lowest BCUT2D eigenvalue weighted by molar-refractivity contribution is -0.134. The summed E-state index contributed by atoms with van der Waals surface area (Å²) < 4.78 is 48.2. The molecular weight excluding hydrogens is 410 g/mol. The SMILES string of the molecule is C=CC(=O)OC=COc1ccc(-c2ccc(OC=COC(=O)C(=C)C)c(F)c2F)cc1. The normalized spacial score (nSPS) is 10.7. The number of rotatable bonds is 9. The Morgan fingerprint density at radius 2 is 1.52 bits per heavy atom. The number of benzene rings is 2. The van der Waals surface area contributed by atoms with Gasteiger partial charge in [-0.1, -0.05) is 25.3 Å². The van der Waals surface area contributed by atoms with Crippen molar-refractivity contribution >= 4 is 11.9 Å². The van der Waals surface area contributed by atoms with E-state index in [0.29, 0.717) is 11.3 Å². The Labute approximate surface area is 177 Å². The van der Waals surface area contributed by atoms with Crippen LogP contribution in [0.3, 0.4) is 0 Å². The molecule has 0 aromatic heterocycles. The zero-order valence-electron chi connectivity index (χ0n) is 16.5. The molecule has 0 saturated heterocycles. The molecule has 2 aromatic rings. The average Bonchev–Trinajstić information content (AvgIpc) is 2.77. The van der Waals surface area contributed by atoms with Crippen LogP contribution in [0.15, 0.2) is 86.3 Å². The van der Waals surface area contributed by atoms with Gasteiger partial charge in [0.1, 0.15) is 30.8 Å². The van der Waals surface area contributed by atoms with Crippen molar-refractivity contribution in [3.63, 3.8) is 0 Å². The number of esters is 2. The van der Waals surface area contributed by atoms with Crippen LogP contribution >= 0.6 is 0 Å². The summed E-state index contributed by atoms with van der Waals surface area (Å²) in [5, 5.41) is 0. The maximum Gasteiger partial charge on any atom is 0.338 e. The minimum Gasteiger partial charge on any atom is -0.462 e. The highest BCUT2D eigenvalue weighted by atomic mass is 19.2. The Bertz CT molecular complexity index is 1040. The van der Waals surface area contributed by atoms with Crippen LogP contribution in [0, 0.1) is 11.6 Å². The number of halogens is 2. The van der Waals surface area contributed by atoms with Crippen molar-refractivity contribution in [1.82, 2.24) is 0 Å². The highest BCUT2D eigenvalue weighted by molar-refractivity contribution is 5.87. The fraction of sp³-hybridized carbons (Fsp3) is 0.0435. The lowest BCUT2D eigenvalue weighted by Gasteiger charge is -2.09. The van der Waals surface area contributed by atoms with Crippen LogP contribution in [0.1, 0.15) is 6.92 Å². The van der Waals surface area contributed by atoms with Crippen molar-refractivity contribution in [2.75, 3.05) is 0 Å². The molecule has 0 aliphatic rings. The van der Waals surface area contributed by atoms with E-state index in [1.54, 1.807) is 0 Å². The van der Waals surface area contributed by atoms with Crippen LogP contribution in [0.4, 0.5) is 8.78 Å². The molecule has 0 unspecified atom stereocenters. The van der Waals surface area contributed by atoms with Crippen molar-refractivity contribution in [3.05, 3.63) is 97.9 Å². The molecule has 0 bridgehead atoms. The largest absolute Gasteiger partial charge is 0.462 e. The van der Waals surface area contributed by atoms with Gasteiger partial charge in [-0.3, -0.25) is 0 Å². The van der Waals surface area contributed by atoms with Crippen molar-refractivity contribution in [1.29, 1.82) is 0 Å². The third-order valence-corrected chi connectivity index (χ3v) is 3.60. The van der Waals surface area contributed by atoms with E-state index in [9.17, 15) is 18.4 Å². The summed E-state index contributed by atoms with van der Waals surface area (Å²) in [4.78, 5) is 22.1. The number of hydrogen-bond donors (Lipinski definition) is 0. The number of ether oxygens (including phenoxy) is 4. The number of hydrogen-bond acceptors (Lipinski definition) is 6. The van der Waals surface area contributed by atoms with Crippen LogP contribution < -0.4 is 9.47 Å². The van der Waals surface area contributed by atoms with Gasteiger partial charge in [-0.2, -0.15) is 4.39 Å². The molecule has 2 aromatic carbocycles. The van der Waals surface area contributed by atoms with Crippen molar-refractivity contribution < 1.29 is 37.3 Å². The second-order valence-electron chi connectivity index (χ2n) is 5.87. The first kappa shape index (κ1) is 23.1. The molecule has 0 fully saturated rings. The Morgan fingerprint density at radius 1 is 0.871 bits per heavy atom. The van der Waals surface area contributed by atoms with Gasteiger partial charge >= 0.3 is 11.9 Å². The third kappa shape index (κ3) is 6.67. The molecule has 8 heteroatoms. The summed E-state index contributed by atoms with van der Waals surface area (Å²) in [5.74, 6) is -3.64. The first-order valence-corrected chi connectivity index (χ1v) is 8.74. The summed E-state index contributed by atoms with van der Waals surface area (Å²) in [6, 6.07) is 8.67.